The van der Waals surface area contributed by atoms with E-state index < -0.39 is 72.2 Å². The number of pyridine rings is 2. The topological polar surface area (TPSA) is 211 Å². The summed E-state index contributed by atoms with van der Waals surface area (Å²) in [6, 6.07) is 14.3. The van der Waals surface area contributed by atoms with E-state index in [1.165, 1.54) is 24.7 Å². The van der Waals surface area contributed by atoms with E-state index in [1.54, 1.807) is 32.5 Å². The molecule has 74 heavy (non-hydrogen) atoms. The molecule has 0 saturated heterocycles. The normalized spacial score (nSPS) is 26.7. The lowest BCUT2D eigenvalue weighted by Gasteiger charge is -2.45. The molecular weight excluding hydrogens is 1040 g/mol. The summed E-state index contributed by atoms with van der Waals surface area (Å²) in [7, 11) is 1.74. The molecule has 2 aromatic carbocycles. The quantitative estimate of drug-likeness (QED) is 0.0870. The summed E-state index contributed by atoms with van der Waals surface area (Å²) < 4.78 is 91.1. The van der Waals surface area contributed by atoms with Crippen LogP contribution in [-0.2, 0) is 43.0 Å². The number of amides is 2. The van der Waals surface area contributed by atoms with Gasteiger partial charge in [-0.3, -0.25) is 29.4 Å². The number of hydrogen-bond acceptors (Lipinski definition) is 12. The van der Waals surface area contributed by atoms with Gasteiger partial charge >= 0.3 is 19.5 Å². The highest BCUT2D eigenvalue weighted by Gasteiger charge is 2.69. The zero-order chi connectivity index (χ0) is 53.6. The number of aromatic nitrogens is 2. The molecule has 0 bridgehead atoms. The van der Waals surface area contributed by atoms with Gasteiger partial charge in [-0.05, 0) is 127 Å². The highest BCUT2D eigenvalue weighted by Crippen LogP contribution is 2.64. The van der Waals surface area contributed by atoms with Crippen molar-refractivity contribution in [1.82, 2.24) is 19.8 Å². The third-order valence-electron chi connectivity index (χ3n) is 15.3. The molecule has 2 atom stereocenters. The van der Waals surface area contributed by atoms with Gasteiger partial charge in [0.2, 0.25) is 11.4 Å². The van der Waals surface area contributed by atoms with Crippen LogP contribution in [0.5, 0.6) is 0 Å². The lowest BCUT2D eigenvalue weighted by atomic mass is 9.61. The summed E-state index contributed by atoms with van der Waals surface area (Å²) in [5.41, 5.74) is 13.0. The Morgan fingerprint density at radius 3 is 1.58 bits per heavy atom. The van der Waals surface area contributed by atoms with E-state index in [0.717, 1.165) is 28.4 Å². The minimum atomic E-state index is -4.61. The van der Waals surface area contributed by atoms with Gasteiger partial charge in [-0.1, -0.05) is 40.2 Å². The molecule has 4 heterocycles. The number of carbonyl (C=O) groups excluding carboxylic acids is 2. The van der Waals surface area contributed by atoms with Crippen LogP contribution in [0.3, 0.4) is 0 Å². The molecule has 6 aliphatic rings. The number of carbonyl (C=O) groups is 2. The number of ether oxygens (including phenoxy) is 2. The van der Waals surface area contributed by atoms with E-state index in [4.69, 9.17) is 44.1 Å². The van der Waals surface area contributed by atoms with Crippen LogP contribution in [0, 0.1) is 24.0 Å². The largest absolute Gasteiger partial charge is 0.488 e. The van der Waals surface area contributed by atoms with Gasteiger partial charge in [-0.25, -0.2) is 19.7 Å². The second kappa shape index (κ2) is 20.4. The summed E-state index contributed by atoms with van der Waals surface area (Å²) in [6.45, 7) is 11.0. The SMILES string of the molecule is COC1CCC2(CC1)Cc1ccc(Br)cc1C21N=C(N)N(CC(F)(F)F)C1=O.[C-]#[N+]c1cncc(-c2ccc3c(c2)C2(N=C(N)N(CC(F)(F)F)C2=O)C2(CCC(OC)CC2)C3)c1.[C-]#[N+]c1cncc(B(O)O)c1. The van der Waals surface area contributed by atoms with Crippen molar-refractivity contribution in [1.29, 1.82) is 0 Å². The molecular formula is C50H50BBrF6N10O6. The summed E-state index contributed by atoms with van der Waals surface area (Å²) >= 11 is 3.42. The van der Waals surface area contributed by atoms with Crippen molar-refractivity contribution in [2.75, 3.05) is 27.3 Å². The number of alkyl halides is 6. The van der Waals surface area contributed by atoms with Gasteiger partial charge in [0.25, 0.3) is 11.8 Å². The van der Waals surface area contributed by atoms with E-state index in [9.17, 15) is 35.9 Å². The van der Waals surface area contributed by atoms with Crippen molar-refractivity contribution in [2.45, 2.75) is 99.8 Å². The Labute approximate surface area is 430 Å². The molecule has 2 fully saturated rings. The van der Waals surface area contributed by atoms with E-state index >= 15 is 0 Å². The number of nitrogens with two attached hydrogens (primary N) is 2. The molecule has 6 N–H and O–H groups in total. The first-order valence-electron chi connectivity index (χ1n) is 23.5. The molecule has 16 nitrogen and oxygen atoms in total. The Bertz CT molecular complexity index is 2990. The van der Waals surface area contributed by atoms with Crippen LogP contribution in [0.1, 0.15) is 73.6 Å². The first-order valence-corrected chi connectivity index (χ1v) is 24.2. The maximum atomic E-state index is 13.9. The lowest BCUT2D eigenvalue weighted by Crippen LogP contribution is -2.53. The fourth-order valence-corrected chi connectivity index (χ4v) is 12.2. The van der Waals surface area contributed by atoms with E-state index in [-0.39, 0.29) is 23.6 Å². The summed E-state index contributed by atoms with van der Waals surface area (Å²) in [5, 5.41) is 17.3. The maximum Gasteiger partial charge on any atom is 0.488 e. The van der Waals surface area contributed by atoms with E-state index in [1.807, 2.05) is 30.3 Å². The van der Waals surface area contributed by atoms with Crippen molar-refractivity contribution in [3.8, 4) is 11.1 Å². The van der Waals surface area contributed by atoms with E-state index in [0.29, 0.717) is 94.8 Å². The summed E-state index contributed by atoms with van der Waals surface area (Å²) in [6.07, 6.45) is 3.04. The van der Waals surface area contributed by atoms with Crippen molar-refractivity contribution in [3.63, 3.8) is 0 Å². The van der Waals surface area contributed by atoms with Crippen LogP contribution in [0.25, 0.3) is 20.8 Å². The van der Waals surface area contributed by atoms with Crippen LogP contribution < -0.4 is 16.9 Å². The number of nitrogens with zero attached hydrogens (tertiary/aromatic N) is 8. The predicted octanol–water partition coefficient (Wildman–Crippen LogP) is 7.15. The van der Waals surface area contributed by atoms with Crippen molar-refractivity contribution >= 4 is 63.6 Å². The number of halogens is 7. The second-order valence-corrected chi connectivity index (χ2v) is 20.3. The Hall–Kier alpha value is -6.44. The average molecular weight is 1090 g/mol. The molecule has 2 aromatic heterocycles. The fourth-order valence-electron chi connectivity index (χ4n) is 11.8. The van der Waals surface area contributed by atoms with Crippen LogP contribution in [0.15, 0.2) is 87.8 Å². The molecule has 4 spiro atoms. The third kappa shape index (κ3) is 9.73. The Morgan fingerprint density at radius 1 is 0.689 bits per heavy atom. The fraction of sp³-hybridized carbons (Fsp3) is 0.440. The molecule has 24 heteroatoms. The first-order chi connectivity index (χ1) is 35.0. The van der Waals surface area contributed by atoms with Gasteiger partial charge in [-0.2, -0.15) is 26.3 Å². The van der Waals surface area contributed by atoms with Crippen LogP contribution in [0.4, 0.5) is 37.7 Å². The minimum absolute atomic E-state index is 0.0310. The molecule has 2 unspecified atom stereocenters. The van der Waals surface area contributed by atoms with Gasteiger partial charge in [0, 0.05) is 54.3 Å². The molecule has 388 valence electrons. The second-order valence-electron chi connectivity index (χ2n) is 19.3. The van der Waals surface area contributed by atoms with Gasteiger partial charge in [-0.15, -0.1) is 0 Å². The Morgan fingerprint density at radius 2 is 1.14 bits per heavy atom. The minimum Gasteiger partial charge on any atom is -0.423 e. The number of fused-ring (bicyclic) bond motifs is 6. The van der Waals surface area contributed by atoms with Gasteiger partial charge in [0.05, 0.1) is 25.4 Å². The predicted molar refractivity (Wildman–Crippen MR) is 263 cm³/mol. The summed E-state index contributed by atoms with van der Waals surface area (Å²) in [5.74, 6) is -2.17. The van der Waals surface area contributed by atoms with Crippen LogP contribution >= 0.6 is 15.9 Å². The smallest absolute Gasteiger partial charge is 0.423 e. The van der Waals surface area contributed by atoms with Crippen molar-refractivity contribution in [2.24, 2.45) is 32.3 Å². The van der Waals surface area contributed by atoms with E-state index in [2.05, 4.69) is 45.6 Å². The maximum absolute atomic E-state index is 13.9. The zero-order valence-electron chi connectivity index (χ0n) is 40.1. The molecule has 2 saturated carbocycles. The van der Waals surface area contributed by atoms with Gasteiger partial charge in [0.1, 0.15) is 13.1 Å². The average Bonchev–Trinajstić information content (AvgIpc) is 3.98. The number of methoxy groups -OCH3 is 2. The molecule has 2 aliphatic heterocycles. The molecule has 10 rings (SSSR count). The number of hydrogen-bond donors (Lipinski definition) is 4. The monoisotopic (exact) mass is 1090 g/mol. The molecule has 2 amide bonds. The Kier molecular flexibility index (Phi) is 14.8. The van der Waals surface area contributed by atoms with Crippen LogP contribution in [-0.4, -0.2) is 113 Å². The zero-order valence-corrected chi connectivity index (χ0v) is 41.6. The lowest BCUT2D eigenvalue weighted by molar-refractivity contribution is -0.158. The van der Waals surface area contributed by atoms with Crippen molar-refractivity contribution < 1.29 is 55.5 Å². The first kappa shape index (κ1) is 53.8. The summed E-state index contributed by atoms with van der Waals surface area (Å²) in [4.78, 5) is 51.9. The molecule has 4 aromatic rings. The molecule has 0 radical (unpaired) electrons. The van der Waals surface area contributed by atoms with Gasteiger partial charge < -0.3 is 31.0 Å². The highest BCUT2D eigenvalue weighted by atomic mass is 79.9. The van der Waals surface area contributed by atoms with Crippen LogP contribution in [0.2, 0.25) is 0 Å². The highest BCUT2D eigenvalue weighted by molar-refractivity contribution is 9.10. The number of aliphatic imine (C=N–C) groups is 2. The molecule has 4 aliphatic carbocycles. The van der Waals surface area contributed by atoms with Crippen molar-refractivity contribution in [3.05, 3.63) is 123 Å². The van der Waals surface area contributed by atoms with Gasteiger partial charge in [0.15, 0.2) is 23.0 Å². The number of guanidine groups is 2. The Balaban J connectivity index is 0.000000166. The number of benzene rings is 2. The standard InChI is InChI=1S/C25H24F3N5O2.C19H21BrF3N3O2.C6H5BN2O2/c1-30-18-9-17(12-31-13-18)15-3-4-16-11-23(7-5-19(35-2)6-8-23)25(20(16)10-15)21(34)33(22(29)32-25)14-24(26,27)28;1-28-13-4-6-17(7-5-13)9-11-2-3-12(20)8-14(11)19(17)15(27)26(16(24)25-19)10-18(21,22)23;1-8-6-2-5(7(10)11)3-9-4-6/h3-4,9-10,12-13,19H,5-8,11,14H2,2H3,(H2,29,32);2-3,8,13H,4-7,9-10H2,1H3,(H2,24,25);2-4,10-11H. The third-order valence-corrected chi connectivity index (χ3v) is 15.8. The number of rotatable bonds is 6.